The molecule has 2 amide bonds. The van der Waals surface area contributed by atoms with E-state index in [1.807, 2.05) is 0 Å². The van der Waals surface area contributed by atoms with Gasteiger partial charge in [-0.3, -0.25) is 9.59 Å². The highest BCUT2D eigenvalue weighted by Crippen LogP contribution is 2.37. The van der Waals surface area contributed by atoms with E-state index in [4.69, 9.17) is 0 Å². The molecule has 0 aliphatic carbocycles. The van der Waals surface area contributed by atoms with Gasteiger partial charge in [-0.2, -0.15) is 0 Å². The summed E-state index contributed by atoms with van der Waals surface area (Å²) in [4.78, 5) is 25.8. The van der Waals surface area contributed by atoms with Crippen molar-refractivity contribution in [2.45, 2.75) is 12.6 Å². The average Bonchev–Trinajstić information content (AvgIpc) is 2.67. The van der Waals surface area contributed by atoms with Crippen LogP contribution in [0, 0.1) is 0 Å². The molecule has 0 radical (unpaired) electrons. The Balaban J connectivity index is 2.09. The molecule has 1 aliphatic rings. The SMILES string of the molecule is CC1(O)c2ccccc2C(=O)N1C(=O)c1ccccc1. The molecule has 3 rings (SSSR count). The third-order valence-corrected chi connectivity index (χ3v) is 3.53. The lowest BCUT2D eigenvalue weighted by atomic mass is 10.0. The lowest BCUT2D eigenvalue weighted by Crippen LogP contribution is -2.45. The number of aliphatic hydroxyl groups is 1. The Bertz CT molecular complexity index is 692. The van der Waals surface area contributed by atoms with Gasteiger partial charge in [-0.1, -0.05) is 36.4 Å². The first-order valence-corrected chi connectivity index (χ1v) is 6.29. The van der Waals surface area contributed by atoms with Crippen molar-refractivity contribution in [3.8, 4) is 0 Å². The number of benzene rings is 2. The molecule has 0 fully saturated rings. The zero-order valence-corrected chi connectivity index (χ0v) is 10.9. The van der Waals surface area contributed by atoms with Gasteiger partial charge in [0.15, 0.2) is 5.72 Å². The number of imide groups is 1. The zero-order chi connectivity index (χ0) is 14.3. The van der Waals surface area contributed by atoms with Crippen LogP contribution in [0.25, 0.3) is 0 Å². The van der Waals surface area contributed by atoms with E-state index < -0.39 is 17.5 Å². The molecule has 100 valence electrons. The van der Waals surface area contributed by atoms with Crippen molar-refractivity contribution in [3.05, 3.63) is 71.3 Å². The van der Waals surface area contributed by atoms with Gasteiger partial charge < -0.3 is 5.11 Å². The second-order valence-corrected chi connectivity index (χ2v) is 4.88. The maximum absolute atomic E-state index is 12.5. The van der Waals surface area contributed by atoms with E-state index in [2.05, 4.69) is 0 Å². The molecule has 2 aromatic rings. The predicted octanol–water partition coefficient (Wildman–Crippen LogP) is 2.15. The number of amides is 2. The van der Waals surface area contributed by atoms with Crippen LogP contribution in [0.5, 0.6) is 0 Å². The Morgan fingerprint density at radius 3 is 2.30 bits per heavy atom. The largest absolute Gasteiger partial charge is 0.366 e. The fraction of sp³-hybridized carbons (Fsp3) is 0.125. The Morgan fingerprint density at radius 1 is 1.05 bits per heavy atom. The Morgan fingerprint density at radius 2 is 1.65 bits per heavy atom. The number of carbonyl (C=O) groups is 2. The van der Waals surface area contributed by atoms with Crippen molar-refractivity contribution in [2.24, 2.45) is 0 Å². The predicted molar refractivity (Wildman–Crippen MR) is 73.0 cm³/mol. The Labute approximate surface area is 116 Å². The number of carbonyl (C=O) groups excluding carboxylic acids is 2. The standard InChI is InChI=1S/C16H13NO3/c1-16(20)13-10-6-5-9-12(13)15(19)17(16)14(18)11-7-3-2-4-8-11/h2-10,20H,1H3. The summed E-state index contributed by atoms with van der Waals surface area (Å²) in [6.07, 6.45) is 0. The van der Waals surface area contributed by atoms with Crippen LogP contribution in [0.4, 0.5) is 0 Å². The second kappa shape index (κ2) is 4.28. The van der Waals surface area contributed by atoms with E-state index in [0.717, 1.165) is 4.90 Å². The molecule has 1 atom stereocenters. The van der Waals surface area contributed by atoms with Crippen LogP contribution in [0.2, 0.25) is 0 Å². The fourth-order valence-corrected chi connectivity index (χ4v) is 2.52. The lowest BCUT2D eigenvalue weighted by Gasteiger charge is -2.29. The zero-order valence-electron chi connectivity index (χ0n) is 10.9. The summed E-state index contributed by atoms with van der Waals surface area (Å²) in [6.45, 7) is 1.46. The smallest absolute Gasteiger partial charge is 0.263 e. The van der Waals surface area contributed by atoms with E-state index in [9.17, 15) is 14.7 Å². The quantitative estimate of drug-likeness (QED) is 0.805. The Kier molecular flexibility index (Phi) is 2.69. The maximum Gasteiger partial charge on any atom is 0.263 e. The van der Waals surface area contributed by atoms with E-state index in [-0.39, 0.29) is 0 Å². The van der Waals surface area contributed by atoms with Gasteiger partial charge in [0.2, 0.25) is 0 Å². The van der Waals surface area contributed by atoms with Crippen LogP contribution in [0.3, 0.4) is 0 Å². The van der Waals surface area contributed by atoms with Crippen LogP contribution < -0.4 is 0 Å². The monoisotopic (exact) mass is 267 g/mol. The summed E-state index contributed by atoms with van der Waals surface area (Å²) in [7, 11) is 0. The molecule has 0 aromatic heterocycles. The minimum absolute atomic E-state index is 0.363. The highest BCUT2D eigenvalue weighted by atomic mass is 16.3. The van der Waals surface area contributed by atoms with Gasteiger partial charge in [0.1, 0.15) is 0 Å². The van der Waals surface area contributed by atoms with Crippen molar-refractivity contribution in [1.29, 1.82) is 0 Å². The molecule has 1 unspecified atom stereocenters. The molecule has 4 nitrogen and oxygen atoms in total. The van der Waals surface area contributed by atoms with Crippen LogP contribution in [-0.2, 0) is 5.72 Å². The molecule has 1 N–H and O–H groups in total. The van der Waals surface area contributed by atoms with Gasteiger partial charge in [0, 0.05) is 16.7 Å². The van der Waals surface area contributed by atoms with Crippen LogP contribution in [-0.4, -0.2) is 21.8 Å². The highest BCUT2D eigenvalue weighted by molar-refractivity contribution is 6.13. The number of rotatable bonds is 1. The second-order valence-electron chi connectivity index (χ2n) is 4.88. The maximum atomic E-state index is 12.5. The topological polar surface area (TPSA) is 57.6 Å². The van der Waals surface area contributed by atoms with Crippen molar-refractivity contribution in [2.75, 3.05) is 0 Å². The normalized spacial score (nSPS) is 20.9. The van der Waals surface area contributed by atoms with E-state index in [1.54, 1.807) is 54.6 Å². The van der Waals surface area contributed by atoms with Crippen LogP contribution in [0.1, 0.15) is 33.2 Å². The fourth-order valence-electron chi connectivity index (χ4n) is 2.52. The molecule has 2 aromatic carbocycles. The van der Waals surface area contributed by atoms with Crippen molar-refractivity contribution in [3.63, 3.8) is 0 Å². The summed E-state index contributed by atoms with van der Waals surface area (Å²) >= 11 is 0. The summed E-state index contributed by atoms with van der Waals surface area (Å²) in [5, 5.41) is 10.6. The third kappa shape index (κ3) is 1.66. The number of hydrogen-bond donors (Lipinski definition) is 1. The average molecular weight is 267 g/mol. The van der Waals surface area contributed by atoms with Crippen molar-refractivity contribution >= 4 is 11.8 Å². The third-order valence-electron chi connectivity index (χ3n) is 3.53. The lowest BCUT2D eigenvalue weighted by molar-refractivity contribution is -0.0526. The van der Waals surface area contributed by atoms with Crippen LogP contribution >= 0.6 is 0 Å². The molecule has 0 bridgehead atoms. The first-order chi connectivity index (χ1) is 9.53. The number of fused-ring (bicyclic) bond motifs is 1. The Hall–Kier alpha value is -2.46. The molecular weight excluding hydrogens is 254 g/mol. The summed E-state index contributed by atoms with van der Waals surface area (Å²) < 4.78 is 0. The summed E-state index contributed by atoms with van der Waals surface area (Å²) in [6, 6.07) is 15.2. The molecule has 0 saturated carbocycles. The minimum atomic E-state index is -1.62. The first kappa shape index (κ1) is 12.6. The molecule has 1 aliphatic heterocycles. The number of nitrogens with zero attached hydrogens (tertiary/aromatic N) is 1. The van der Waals surface area contributed by atoms with Gasteiger partial charge >= 0.3 is 0 Å². The number of hydrogen-bond acceptors (Lipinski definition) is 3. The van der Waals surface area contributed by atoms with Gasteiger partial charge in [0.05, 0.1) is 0 Å². The molecule has 1 heterocycles. The van der Waals surface area contributed by atoms with Crippen molar-refractivity contribution in [1.82, 2.24) is 4.90 Å². The summed E-state index contributed by atoms with van der Waals surface area (Å²) in [5.74, 6) is -0.976. The molecular formula is C16H13NO3. The van der Waals surface area contributed by atoms with Gasteiger partial charge in [-0.25, -0.2) is 4.90 Å². The minimum Gasteiger partial charge on any atom is -0.366 e. The summed E-state index contributed by atoms with van der Waals surface area (Å²) in [5.41, 5.74) is -0.439. The molecule has 4 heteroatoms. The van der Waals surface area contributed by atoms with Gasteiger partial charge in [0.25, 0.3) is 11.8 Å². The first-order valence-electron chi connectivity index (χ1n) is 6.29. The van der Waals surface area contributed by atoms with Gasteiger partial charge in [-0.05, 0) is 25.1 Å². The van der Waals surface area contributed by atoms with E-state index in [0.29, 0.717) is 16.7 Å². The molecule has 0 saturated heterocycles. The van der Waals surface area contributed by atoms with E-state index >= 15 is 0 Å². The molecule has 0 spiro atoms. The van der Waals surface area contributed by atoms with Crippen LogP contribution in [0.15, 0.2) is 54.6 Å². The highest BCUT2D eigenvalue weighted by Gasteiger charge is 2.48. The van der Waals surface area contributed by atoms with Crippen molar-refractivity contribution < 1.29 is 14.7 Å². The van der Waals surface area contributed by atoms with Gasteiger partial charge in [-0.15, -0.1) is 0 Å². The van der Waals surface area contributed by atoms with E-state index in [1.165, 1.54) is 6.92 Å². The molecule has 20 heavy (non-hydrogen) atoms.